The molecule has 114 valence electrons. The van der Waals surface area contributed by atoms with Crippen LogP contribution in [0.3, 0.4) is 0 Å². The van der Waals surface area contributed by atoms with Crippen molar-refractivity contribution in [1.82, 2.24) is 0 Å². The SMILES string of the molecule is Cc1ccc(NCC(=O)Nc2ccc(C(N)=O)cc2)c(C)c1. The van der Waals surface area contributed by atoms with Crippen LogP contribution in [0.5, 0.6) is 0 Å². The van der Waals surface area contributed by atoms with Crippen LogP contribution in [0.4, 0.5) is 11.4 Å². The number of hydrogen-bond donors (Lipinski definition) is 3. The first-order valence-corrected chi connectivity index (χ1v) is 6.96. The Labute approximate surface area is 129 Å². The number of nitrogens with one attached hydrogen (secondary N) is 2. The van der Waals surface area contributed by atoms with Crippen LogP contribution >= 0.6 is 0 Å². The molecule has 2 amide bonds. The highest BCUT2D eigenvalue weighted by Crippen LogP contribution is 2.15. The number of carbonyl (C=O) groups excluding carboxylic acids is 2. The van der Waals surface area contributed by atoms with Gasteiger partial charge in [-0.3, -0.25) is 9.59 Å². The highest BCUT2D eigenvalue weighted by atomic mass is 16.2. The molecule has 5 heteroatoms. The molecular formula is C17H19N3O2. The van der Waals surface area contributed by atoms with E-state index in [9.17, 15) is 9.59 Å². The van der Waals surface area contributed by atoms with Crippen molar-refractivity contribution >= 4 is 23.2 Å². The minimum absolute atomic E-state index is 0.160. The summed E-state index contributed by atoms with van der Waals surface area (Å²) in [7, 11) is 0. The lowest BCUT2D eigenvalue weighted by Gasteiger charge is -2.11. The standard InChI is InChI=1S/C17H19N3O2/c1-11-3-8-15(12(2)9-11)19-10-16(21)20-14-6-4-13(5-7-14)17(18)22/h3-9,19H,10H2,1-2H3,(H2,18,22)(H,20,21). The van der Waals surface area contributed by atoms with Gasteiger partial charge in [0.05, 0.1) is 6.54 Å². The third-order valence-electron chi connectivity index (χ3n) is 3.27. The van der Waals surface area contributed by atoms with Crippen molar-refractivity contribution in [2.75, 3.05) is 17.2 Å². The fourth-order valence-electron chi connectivity index (χ4n) is 2.11. The van der Waals surface area contributed by atoms with Gasteiger partial charge in [-0.25, -0.2) is 0 Å². The van der Waals surface area contributed by atoms with Crippen molar-refractivity contribution in [3.63, 3.8) is 0 Å². The molecular weight excluding hydrogens is 278 g/mol. The average molecular weight is 297 g/mol. The monoisotopic (exact) mass is 297 g/mol. The number of aryl methyl sites for hydroxylation is 2. The van der Waals surface area contributed by atoms with Crippen LogP contribution in [0.15, 0.2) is 42.5 Å². The minimum Gasteiger partial charge on any atom is -0.376 e. The van der Waals surface area contributed by atoms with E-state index in [-0.39, 0.29) is 12.5 Å². The molecule has 5 nitrogen and oxygen atoms in total. The molecule has 0 aliphatic carbocycles. The van der Waals surface area contributed by atoms with Crippen LogP contribution in [0.1, 0.15) is 21.5 Å². The third kappa shape index (κ3) is 4.09. The summed E-state index contributed by atoms with van der Waals surface area (Å²) in [6.45, 7) is 4.19. The Morgan fingerprint density at radius 1 is 1.05 bits per heavy atom. The van der Waals surface area contributed by atoms with Gasteiger partial charge >= 0.3 is 0 Å². The van der Waals surface area contributed by atoms with E-state index in [2.05, 4.69) is 16.7 Å². The number of primary amides is 1. The molecule has 0 atom stereocenters. The molecule has 0 aliphatic rings. The lowest BCUT2D eigenvalue weighted by atomic mass is 10.1. The molecule has 0 fully saturated rings. The number of hydrogen-bond acceptors (Lipinski definition) is 3. The number of carbonyl (C=O) groups is 2. The zero-order chi connectivity index (χ0) is 16.1. The summed E-state index contributed by atoms with van der Waals surface area (Å²) in [5.41, 5.74) is 9.41. The van der Waals surface area contributed by atoms with Crippen LogP contribution in [0, 0.1) is 13.8 Å². The Hall–Kier alpha value is -2.82. The number of rotatable bonds is 5. The fraction of sp³-hybridized carbons (Fsp3) is 0.176. The van der Waals surface area contributed by atoms with Gasteiger partial charge in [0.1, 0.15) is 0 Å². The first kappa shape index (κ1) is 15.6. The van der Waals surface area contributed by atoms with E-state index in [1.807, 2.05) is 26.0 Å². The van der Waals surface area contributed by atoms with Crippen molar-refractivity contribution in [1.29, 1.82) is 0 Å². The highest BCUT2D eigenvalue weighted by molar-refractivity contribution is 5.96. The second-order valence-corrected chi connectivity index (χ2v) is 5.16. The van der Waals surface area contributed by atoms with E-state index in [1.54, 1.807) is 24.3 Å². The lowest BCUT2D eigenvalue weighted by Crippen LogP contribution is -2.22. The van der Waals surface area contributed by atoms with Crippen molar-refractivity contribution in [3.8, 4) is 0 Å². The zero-order valence-corrected chi connectivity index (χ0v) is 12.6. The Bertz CT molecular complexity index is 694. The maximum Gasteiger partial charge on any atom is 0.248 e. The van der Waals surface area contributed by atoms with E-state index >= 15 is 0 Å². The molecule has 4 N–H and O–H groups in total. The van der Waals surface area contributed by atoms with Crippen LogP contribution in [0.2, 0.25) is 0 Å². The van der Waals surface area contributed by atoms with E-state index in [4.69, 9.17) is 5.73 Å². The third-order valence-corrected chi connectivity index (χ3v) is 3.27. The van der Waals surface area contributed by atoms with E-state index in [0.717, 1.165) is 11.3 Å². The number of benzene rings is 2. The van der Waals surface area contributed by atoms with Gasteiger partial charge in [0, 0.05) is 16.9 Å². The normalized spacial score (nSPS) is 10.1. The largest absolute Gasteiger partial charge is 0.376 e. The van der Waals surface area contributed by atoms with Crippen molar-refractivity contribution < 1.29 is 9.59 Å². The Morgan fingerprint density at radius 3 is 2.32 bits per heavy atom. The molecule has 2 rings (SSSR count). The smallest absolute Gasteiger partial charge is 0.248 e. The molecule has 0 unspecified atom stereocenters. The fourth-order valence-corrected chi connectivity index (χ4v) is 2.11. The first-order chi connectivity index (χ1) is 10.5. The van der Waals surface area contributed by atoms with E-state index in [1.165, 1.54) is 5.56 Å². The molecule has 0 aliphatic heterocycles. The van der Waals surface area contributed by atoms with Crippen molar-refractivity contribution in [2.24, 2.45) is 5.73 Å². The molecule has 0 radical (unpaired) electrons. The molecule has 0 spiro atoms. The molecule has 2 aromatic carbocycles. The van der Waals surface area contributed by atoms with Gasteiger partial charge in [-0.15, -0.1) is 0 Å². The number of anilines is 2. The topological polar surface area (TPSA) is 84.2 Å². The predicted octanol–water partition coefficient (Wildman–Crippen LogP) is 2.45. The van der Waals surface area contributed by atoms with Gasteiger partial charge in [0.2, 0.25) is 11.8 Å². The molecule has 22 heavy (non-hydrogen) atoms. The number of nitrogens with two attached hydrogens (primary N) is 1. The summed E-state index contributed by atoms with van der Waals surface area (Å²) in [5, 5.41) is 5.86. The Morgan fingerprint density at radius 2 is 1.73 bits per heavy atom. The Kier molecular flexibility index (Phi) is 4.78. The first-order valence-electron chi connectivity index (χ1n) is 6.96. The van der Waals surface area contributed by atoms with Crippen molar-refractivity contribution in [2.45, 2.75) is 13.8 Å². The van der Waals surface area contributed by atoms with Crippen molar-refractivity contribution in [3.05, 3.63) is 59.2 Å². The van der Waals surface area contributed by atoms with Crippen LogP contribution in [-0.4, -0.2) is 18.4 Å². The van der Waals surface area contributed by atoms with Gasteiger partial charge in [0.25, 0.3) is 0 Å². The molecule has 0 heterocycles. The van der Waals surface area contributed by atoms with Crippen LogP contribution < -0.4 is 16.4 Å². The Balaban J connectivity index is 1.91. The minimum atomic E-state index is -0.491. The molecule has 0 saturated heterocycles. The lowest BCUT2D eigenvalue weighted by molar-refractivity contribution is -0.114. The van der Waals surface area contributed by atoms with Gasteiger partial charge in [0.15, 0.2) is 0 Å². The molecule has 0 aromatic heterocycles. The van der Waals surface area contributed by atoms with E-state index in [0.29, 0.717) is 11.3 Å². The van der Waals surface area contributed by atoms with Gasteiger partial charge < -0.3 is 16.4 Å². The maximum absolute atomic E-state index is 11.9. The van der Waals surface area contributed by atoms with Crippen LogP contribution in [-0.2, 0) is 4.79 Å². The van der Waals surface area contributed by atoms with Gasteiger partial charge in [-0.1, -0.05) is 17.7 Å². The quantitative estimate of drug-likeness (QED) is 0.792. The second kappa shape index (κ2) is 6.76. The molecule has 0 saturated carbocycles. The average Bonchev–Trinajstić information content (AvgIpc) is 2.47. The van der Waals surface area contributed by atoms with E-state index < -0.39 is 5.91 Å². The molecule has 2 aromatic rings. The summed E-state index contributed by atoms with van der Waals surface area (Å²) in [5.74, 6) is -0.652. The summed E-state index contributed by atoms with van der Waals surface area (Å²) in [6, 6.07) is 12.5. The predicted molar refractivity (Wildman–Crippen MR) is 88.0 cm³/mol. The summed E-state index contributed by atoms with van der Waals surface area (Å²) >= 11 is 0. The van der Waals surface area contributed by atoms with Crippen LogP contribution in [0.25, 0.3) is 0 Å². The highest BCUT2D eigenvalue weighted by Gasteiger charge is 2.05. The zero-order valence-electron chi connectivity index (χ0n) is 12.6. The summed E-state index contributed by atoms with van der Waals surface area (Å²) < 4.78 is 0. The summed E-state index contributed by atoms with van der Waals surface area (Å²) in [4.78, 5) is 22.9. The van der Waals surface area contributed by atoms with Gasteiger partial charge in [-0.2, -0.15) is 0 Å². The second-order valence-electron chi connectivity index (χ2n) is 5.16. The van der Waals surface area contributed by atoms with Gasteiger partial charge in [-0.05, 0) is 49.7 Å². The number of amides is 2. The molecule has 0 bridgehead atoms. The summed E-state index contributed by atoms with van der Waals surface area (Å²) in [6.07, 6.45) is 0. The maximum atomic E-state index is 11.9.